The molecule has 1 atom stereocenters. The average molecular weight is 382 g/mol. The Bertz CT molecular complexity index is 788. The van der Waals surface area contributed by atoms with E-state index in [1.54, 1.807) is 24.3 Å². The fraction of sp³-hybridized carbons (Fsp3) is 0.471. The maximum absolute atomic E-state index is 12.0. The molecule has 1 aliphatic heterocycles. The molecule has 1 N–H and O–H groups in total. The summed E-state index contributed by atoms with van der Waals surface area (Å²) in [4.78, 5) is 36.8. The van der Waals surface area contributed by atoms with Gasteiger partial charge in [-0.1, -0.05) is 0 Å². The Labute approximate surface area is 152 Å². The fourth-order valence-corrected chi connectivity index (χ4v) is 4.46. The summed E-state index contributed by atoms with van der Waals surface area (Å²) in [5.74, 6) is -0.970. The molecule has 0 spiro atoms. The van der Waals surface area contributed by atoms with Gasteiger partial charge >= 0.3 is 5.97 Å². The van der Waals surface area contributed by atoms with E-state index in [0.717, 1.165) is 0 Å². The molecule has 26 heavy (non-hydrogen) atoms. The zero-order valence-electron chi connectivity index (χ0n) is 14.7. The number of benzene rings is 1. The maximum atomic E-state index is 12.0. The first-order valence-corrected chi connectivity index (χ1v) is 10.0. The van der Waals surface area contributed by atoms with Gasteiger partial charge in [0.2, 0.25) is 11.8 Å². The van der Waals surface area contributed by atoms with Gasteiger partial charge in [0.25, 0.3) is 0 Å². The molecule has 0 saturated carbocycles. The van der Waals surface area contributed by atoms with Crippen molar-refractivity contribution in [3.8, 4) is 0 Å². The summed E-state index contributed by atoms with van der Waals surface area (Å²) < 4.78 is 27.5. The molecule has 1 aromatic carbocycles. The van der Waals surface area contributed by atoms with E-state index >= 15 is 0 Å². The number of hydrogen-bond acceptors (Lipinski definition) is 6. The molecular weight excluding hydrogens is 360 g/mol. The smallest absolute Gasteiger partial charge is 0.337 e. The molecule has 9 heteroatoms. The molecule has 1 aromatic rings. The van der Waals surface area contributed by atoms with Gasteiger partial charge in [0, 0.05) is 31.6 Å². The molecule has 142 valence electrons. The van der Waals surface area contributed by atoms with Gasteiger partial charge < -0.3 is 15.0 Å². The molecule has 1 aliphatic rings. The number of anilines is 1. The Hall–Kier alpha value is -2.42. The van der Waals surface area contributed by atoms with Crippen molar-refractivity contribution in [2.75, 3.05) is 30.1 Å². The second kappa shape index (κ2) is 8.31. The number of nitrogens with zero attached hydrogens (tertiary/aromatic N) is 1. The number of rotatable bonds is 6. The maximum Gasteiger partial charge on any atom is 0.337 e. The second-order valence-corrected chi connectivity index (χ2v) is 8.36. The van der Waals surface area contributed by atoms with E-state index in [9.17, 15) is 22.8 Å². The van der Waals surface area contributed by atoms with Gasteiger partial charge in [0.1, 0.15) is 0 Å². The van der Waals surface area contributed by atoms with Crippen LogP contribution in [0.15, 0.2) is 24.3 Å². The van der Waals surface area contributed by atoms with Gasteiger partial charge in [-0.05, 0) is 30.7 Å². The highest BCUT2D eigenvalue weighted by Crippen LogP contribution is 2.17. The van der Waals surface area contributed by atoms with Gasteiger partial charge in [-0.15, -0.1) is 0 Å². The fourth-order valence-electron chi connectivity index (χ4n) is 2.79. The highest BCUT2D eigenvalue weighted by atomic mass is 32.2. The standard InChI is InChI=1S/C17H22N2O6S/c1-12(20)19(15-5-3-13(4-6-15)17(22)25-2)9-7-16(21)18-14-8-10-26(23,24)11-14/h3-6,14H,7-11H2,1-2H3,(H,18,21). The SMILES string of the molecule is COC(=O)c1ccc(N(CCC(=O)NC2CCS(=O)(=O)C2)C(C)=O)cc1. The van der Waals surface area contributed by atoms with Crippen molar-refractivity contribution < 1.29 is 27.5 Å². The Morgan fingerprint density at radius 1 is 1.23 bits per heavy atom. The Kier molecular flexibility index (Phi) is 6.36. The topological polar surface area (TPSA) is 110 Å². The van der Waals surface area contributed by atoms with Gasteiger partial charge in [-0.25, -0.2) is 13.2 Å². The van der Waals surface area contributed by atoms with Crippen LogP contribution in [0.1, 0.15) is 30.1 Å². The zero-order valence-corrected chi connectivity index (χ0v) is 15.5. The zero-order chi connectivity index (χ0) is 19.3. The van der Waals surface area contributed by atoms with Crippen molar-refractivity contribution >= 4 is 33.3 Å². The number of amides is 2. The van der Waals surface area contributed by atoms with Crippen molar-refractivity contribution in [3.63, 3.8) is 0 Å². The van der Waals surface area contributed by atoms with Crippen molar-refractivity contribution in [2.24, 2.45) is 0 Å². The number of methoxy groups -OCH3 is 1. The summed E-state index contributed by atoms with van der Waals surface area (Å²) >= 11 is 0. The molecule has 2 rings (SSSR count). The normalized spacial score (nSPS) is 18.2. The lowest BCUT2D eigenvalue weighted by Gasteiger charge is -2.21. The van der Waals surface area contributed by atoms with Crippen molar-refractivity contribution in [1.82, 2.24) is 5.32 Å². The van der Waals surface area contributed by atoms with Crippen LogP contribution in [0.3, 0.4) is 0 Å². The molecule has 0 radical (unpaired) electrons. The average Bonchev–Trinajstić information content (AvgIpc) is 2.93. The van der Waals surface area contributed by atoms with Crippen LogP contribution in [0, 0.1) is 0 Å². The third kappa shape index (κ3) is 5.29. The highest BCUT2D eigenvalue weighted by molar-refractivity contribution is 7.91. The third-order valence-electron chi connectivity index (χ3n) is 4.14. The second-order valence-electron chi connectivity index (χ2n) is 6.13. The van der Waals surface area contributed by atoms with Crippen LogP contribution in [0.4, 0.5) is 5.69 Å². The van der Waals surface area contributed by atoms with Crippen LogP contribution in [-0.2, 0) is 24.2 Å². The third-order valence-corrected chi connectivity index (χ3v) is 5.91. The number of sulfone groups is 1. The molecule has 0 bridgehead atoms. The van der Waals surface area contributed by atoms with E-state index in [1.807, 2.05) is 0 Å². The lowest BCUT2D eigenvalue weighted by molar-refractivity contribution is -0.121. The number of carbonyl (C=O) groups is 3. The van der Waals surface area contributed by atoms with E-state index in [0.29, 0.717) is 17.7 Å². The van der Waals surface area contributed by atoms with Gasteiger partial charge in [0.15, 0.2) is 9.84 Å². The summed E-state index contributed by atoms with van der Waals surface area (Å²) in [6, 6.07) is 5.93. The van der Waals surface area contributed by atoms with Crippen molar-refractivity contribution in [1.29, 1.82) is 0 Å². The highest BCUT2D eigenvalue weighted by Gasteiger charge is 2.29. The van der Waals surface area contributed by atoms with Crippen LogP contribution in [0.5, 0.6) is 0 Å². The van der Waals surface area contributed by atoms with E-state index in [-0.39, 0.29) is 42.3 Å². The van der Waals surface area contributed by atoms with Gasteiger partial charge in [-0.2, -0.15) is 0 Å². The van der Waals surface area contributed by atoms with Gasteiger partial charge in [-0.3, -0.25) is 9.59 Å². The molecule has 1 saturated heterocycles. The lowest BCUT2D eigenvalue weighted by atomic mass is 10.2. The minimum Gasteiger partial charge on any atom is -0.465 e. The minimum atomic E-state index is -3.06. The van der Waals surface area contributed by atoms with Gasteiger partial charge in [0.05, 0.1) is 24.2 Å². The molecule has 8 nitrogen and oxygen atoms in total. The number of esters is 1. The van der Waals surface area contributed by atoms with E-state index < -0.39 is 15.8 Å². The molecule has 1 unspecified atom stereocenters. The molecular formula is C17H22N2O6S. The monoisotopic (exact) mass is 382 g/mol. The predicted octanol–water partition coefficient (Wildman–Crippen LogP) is 0.520. The summed E-state index contributed by atoms with van der Waals surface area (Å²) in [7, 11) is -1.78. The first-order chi connectivity index (χ1) is 12.2. The number of ether oxygens (including phenoxy) is 1. The van der Waals surface area contributed by atoms with Crippen LogP contribution in [-0.4, -0.2) is 57.4 Å². The van der Waals surface area contributed by atoms with Crippen LogP contribution < -0.4 is 10.2 Å². The van der Waals surface area contributed by atoms with E-state index in [1.165, 1.54) is 18.9 Å². The predicted molar refractivity (Wildman–Crippen MR) is 95.6 cm³/mol. The first-order valence-electron chi connectivity index (χ1n) is 8.18. The Balaban J connectivity index is 1.95. The molecule has 0 aliphatic carbocycles. The molecule has 2 amide bonds. The summed E-state index contributed by atoms with van der Waals surface area (Å²) in [5.41, 5.74) is 0.918. The van der Waals surface area contributed by atoms with Crippen molar-refractivity contribution in [2.45, 2.75) is 25.8 Å². The van der Waals surface area contributed by atoms with Crippen LogP contribution in [0.2, 0.25) is 0 Å². The van der Waals surface area contributed by atoms with E-state index in [2.05, 4.69) is 10.1 Å². The quantitative estimate of drug-likeness (QED) is 0.718. The summed E-state index contributed by atoms with van der Waals surface area (Å²) in [6.07, 6.45) is 0.467. The Morgan fingerprint density at radius 3 is 2.38 bits per heavy atom. The lowest BCUT2D eigenvalue weighted by Crippen LogP contribution is -2.38. The summed E-state index contributed by atoms with van der Waals surface area (Å²) in [5, 5.41) is 2.69. The van der Waals surface area contributed by atoms with Crippen LogP contribution in [0.25, 0.3) is 0 Å². The molecule has 0 aromatic heterocycles. The number of carbonyl (C=O) groups excluding carboxylic acids is 3. The first kappa shape index (κ1) is 19.9. The minimum absolute atomic E-state index is 0.0375. The molecule has 1 fully saturated rings. The van der Waals surface area contributed by atoms with Crippen molar-refractivity contribution in [3.05, 3.63) is 29.8 Å². The largest absolute Gasteiger partial charge is 0.465 e. The number of hydrogen-bond donors (Lipinski definition) is 1. The number of nitrogens with one attached hydrogen (secondary N) is 1. The Morgan fingerprint density at radius 2 is 1.88 bits per heavy atom. The van der Waals surface area contributed by atoms with Crippen LogP contribution >= 0.6 is 0 Å². The van der Waals surface area contributed by atoms with E-state index in [4.69, 9.17) is 0 Å². The summed E-state index contributed by atoms with van der Waals surface area (Å²) in [6.45, 7) is 1.54. The molecule has 1 heterocycles.